The van der Waals surface area contributed by atoms with Crippen molar-refractivity contribution in [3.05, 3.63) is 45.1 Å². The molecule has 0 saturated heterocycles. The minimum absolute atomic E-state index is 0.423. The van der Waals surface area contributed by atoms with Crippen LogP contribution in [0.1, 0.15) is 31.0 Å². The highest BCUT2D eigenvalue weighted by atomic mass is 79.9. The summed E-state index contributed by atoms with van der Waals surface area (Å²) in [7, 11) is 1.95. The zero-order valence-electron chi connectivity index (χ0n) is 11.2. The molecule has 0 aliphatic rings. The topological polar surface area (TPSA) is 29.9 Å². The van der Waals surface area contributed by atoms with Crippen molar-refractivity contribution in [2.75, 3.05) is 5.32 Å². The first-order valence-corrected chi connectivity index (χ1v) is 7.36. The van der Waals surface area contributed by atoms with Gasteiger partial charge in [-0.3, -0.25) is 4.68 Å². The van der Waals surface area contributed by atoms with Crippen LogP contribution in [0.2, 0.25) is 5.02 Å². The third kappa shape index (κ3) is 3.51. The largest absolute Gasteiger partial charge is 0.381 e. The third-order valence-electron chi connectivity index (χ3n) is 2.89. The van der Waals surface area contributed by atoms with Crippen LogP contribution < -0.4 is 5.32 Å². The molecular weight excluding hydrogens is 326 g/mol. The molecule has 0 atom stereocenters. The van der Waals surface area contributed by atoms with Gasteiger partial charge in [0.1, 0.15) is 0 Å². The van der Waals surface area contributed by atoms with E-state index in [1.165, 1.54) is 5.56 Å². The summed E-state index contributed by atoms with van der Waals surface area (Å²) in [4.78, 5) is 0. The van der Waals surface area contributed by atoms with Gasteiger partial charge >= 0.3 is 0 Å². The SMILES string of the molecule is CC(C)c1nn(C)cc1CNc1ccc(Br)c(Cl)c1. The molecule has 19 heavy (non-hydrogen) atoms. The molecular formula is C14H17BrClN3. The molecule has 0 saturated carbocycles. The fraction of sp³-hybridized carbons (Fsp3) is 0.357. The van der Waals surface area contributed by atoms with E-state index in [4.69, 9.17) is 11.6 Å². The highest BCUT2D eigenvalue weighted by Gasteiger charge is 2.11. The first-order valence-electron chi connectivity index (χ1n) is 6.18. The molecule has 0 spiro atoms. The van der Waals surface area contributed by atoms with Gasteiger partial charge in [-0.15, -0.1) is 0 Å². The Hall–Kier alpha value is -1.000. The van der Waals surface area contributed by atoms with Gasteiger partial charge in [-0.1, -0.05) is 25.4 Å². The Morgan fingerprint density at radius 2 is 2.16 bits per heavy atom. The molecule has 0 amide bonds. The van der Waals surface area contributed by atoms with Crippen molar-refractivity contribution < 1.29 is 0 Å². The summed E-state index contributed by atoms with van der Waals surface area (Å²) in [5, 5.41) is 8.58. The third-order valence-corrected chi connectivity index (χ3v) is 4.12. The number of nitrogens with one attached hydrogen (secondary N) is 1. The second-order valence-electron chi connectivity index (χ2n) is 4.85. The van der Waals surface area contributed by atoms with E-state index < -0.39 is 0 Å². The average molecular weight is 343 g/mol. The van der Waals surface area contributed by atoms with E-state index in [1.807, 2.05) is 29.9 Å². The van der Waals surface area contributed by atoms with Crippen LogP contribution in [0.25, 0.3) is 0 Å². The van der Waals surface area contributed by atoms with Crippen molar-refractivity contribution in [1.29, 1.82) is 0 Å². The maximum absolute atomic E-state index is 6.08. The number of halogens is 2. The maximum Gasteiger partial charge on any atom is 0.0699 e. The number of anilines is 1. The Morgan fingerprint density at radius 1 is 1.42 bits per heavy atom. The lowest BCUT2D eigenvalue weighted by molar-refractivity contribution is 0.712. The molecule has 0 radical (unpaired) electrons. The lowest BCUT2D eigenvalue weighted by Crippen LogP contribution is -2.02. The molecule has 102 valence electrons. The van der Waals surface area contributed by atoms with Crippen molar-refractivity contribution in [2.24, 2.45) is 7.05 Å². The zero-order chi connectivity index (χ0) is 14.0. The van der Waals surface area contributed by atoms with Crippen LogP contribution in [0.4, 0.5) is 5.69 Å². The summed E-state index contributed by atoms with van der Waals surface area (Å²) in [6.07, 6.45) is 2.06. The Bertz CT molecular complexity index is 578. The molecule has 1 N–H and O–H groups in total. The van der Waals surface area contributed by atoms with E-state index in [2.05, 4.69) is 46.4 Å². The Kier molecular flexibility index (Phi) is 4.53. The number of hydrogen-bond donors (Lipinski definition) is 1. The second-order valence-corrected chi connectivity index (χ2v) is 6.11. The Morgan fingerprint density at radius 3 is 2.79 bits per heavy atom. The molecule has 0 unspecified atom stereocenters. The van der Waals surface area contributed by atoms with Crippen molar-refractivity contribution >= 4 is 33.2 Å². The van der Waals surface area contributed by atoms with Crippen LogP contribution >= 0.6 is 27.5 Å². The standard InChI is InChI=1S/C14H17BrClN3/c1-9(2)14-10(8-19(3)18-14)7-17-11-4-5-12(15)13(16)6-11/h4-6,8-9,17H,7H2,1-3H3. The minimum atomic E-state index is 0.423. The van der Waals surface area contributed by atoms with E-state index in [1.54, 1.807) is 0 Å². The summed E-state index contributed by atoms with van der Waals surface area (Å²) in [5.74, 6) is 0.423. The monoisotopic (exact) mass is 341 g/mol. The highest BCUT2D eigenvalue weighted by molar-refractivity contribution is 9.10. The van der Waals surface area contributed by atoms with Crippen LogP contribution in [0.5, 0.6) is 0 Å². The van der Waals surface area contributed by atoms with E-state index in [0.29, 0.717) is 10.9 Å². The molecule has 5 heteroatoms. The predicted octanol–water partition coefficient (Wildman–Crippen LogP) is 4.57. The number of aryl methyl sites for hydroxylation is 1. The maximum atomic E-state index is 6.08. The van der Waals surface area contributed by atoms with E-state index in [9.17, 15) is 0 Å². The van der Waals surface area contributed by atoms with Gasteiger partial charge in [0.15, 0.2) is 0 Å². The Balaban J connectivity index is 2.12. The van der Waals surface area contributed by atoms with Crippen LogP contribution in [0, 0.1) is 0 Å². The van der Waals surface area contributed by atoms with Crippen LogP contribution in [0.3, 0.4) is 0 Å². The van der Waals surface area contributed by atoms with Gasteiger partial charge in [-0.05, 0) is 40.0 Å². The summed E-state index contributed by atoms with van der Waals surface area (Å²) < 4.78 is 2.77. The average Bonchev–Trinajstić information content (AvgIpc) is 2.72. The molecule has 1 heterocycles. The van der Waals surface area contributed by atoms with Gasteiger partial charge in [-0.25, -0.2) is 0 Å². The van der Waals surface area contributed by atoms with E-state index in [0.717, 1.165) is 22.4 Å². The lowest BCUT2D eigenvalue weighted by atomic mass is 10.1. The molecule has 0 fully saturated rings. The minimum Gasteiger partial charge on any atom is -0.381 e. The van der Waals surface area contributed by atoms with Gasteiger partial charge in [-0.2, -0.15) is 5.10 Å². The number of aromatic nitrogens is 2. The molecule has 0 aliphatic carbocycles. The second kappa shape index (κ2) is 5.97. The first-order chi connectivity index (χ1) is 8.97. The fourth-order valence-electron chi connectivity index (χ4n) is 1.98. The normalized spacial score (nSPS) is 11.1. The Labute approximate surface area is 127 Å². The number of nitrogens with zero attached hydrogens (tertiary/aromatic N) is 2. The molecule has 3 nitrogen and oxygen atoms in total. The molecule has 1 aromatic heterocycles. The number of rotatable bonds is 4. The zero-order valence-corrected chi connectivity index (χ0v) is 13.6. The van der Waals surface area contributed by atoms with E-state index in [-0.39, 0.29) is 0 Å². The number of hydrogen-bond acceptors (Lipinski definition) is 2. The quantitative estimate of drug-likeness (QED) is 0.882. The predicted molar refractivity (Wildman–Crippen MR) is 83.8 cm³/mol. The highest BCUT2D eigenvalue weighted by Crippen LogP contribution is 2.26. The summed E-state index contributed by atoms with van der Waals surface area (Å²) in [6, 6.07) is 5.86. The fourth-order valence-corrected chi connectivity index (χ4v) is 2.41. The van der Waals surface area contributed by atoms with Crippen molar-refractivity contribution in [3.8, 4) is 0 Å². The van der Waals surface area contributed by atoms with Gasteiger partial charge < -0.3 is 5.32 Å². The lowest BCUT2D eigenvalue weighted by Gasteiger charge is -2.09. The first kappa shape index (κ1) is 14.4. The molecule has 0 aliphatic heterocycles. The molecule has 2 aromatic rings. The smallest absolute Gasteiger partial charge is 0.0699 e. The van der Waals surface area contributed by atoms with Gasteiger partial charge in [0.05, 0.1) is 10.7 Å². The van der Waals surface area contributed by atoms with Crippen molar-refractivity contribution in [1.82, 2.24) is 9.78 Å². The molecule has 0 bridgehead atoms. The van der Waals surface area contributed by atoms with Gasteiger partial charge in [0.2, 0.25) is 0 Å². The van der Waals surface area contributed by atoms with E-state index >= 15 is 0 Å². The van der Waals surface area contributed by atoms with Crippen LogP contribution in [0.15, 0.2) is 28.9 Å². The van der Waals surface area contributed by atoms with Crippen molar-refractivity contribution in [2.45, 2.75) is 26.3 Å². The molecule has 1 aromatic carbocycles. The van der Waals surface area contributed by atoms with Gasteiger partial charge in [0, 0.05) is 35.5 Å². The van der Waals surface area contributed by atoms with Crippen LogP contribution in [-0.4, -0.2) is 9.78 Å². The molecule has 2 rings (SSSR count). The summed E-state index contributed by atoms with van der Waals surface area (Å²) >= 11 is 9.46. The summed E-state index contributed by atoms with van der Waals surface area (Å²) in [6.45, 7) is 5.06. The number of benzene rings is 1. The summed E-state index contributed by atoms with van der Waals surface area (Å²) in [5.41, 5.74) is 3.36. The van der Waals surface area contributed by atoms with Gasteiger partial charge in [0.25, 0.3) is 0 Å². The van der Waals surface area contributed by atoms with Crippen molar-refractivity contribution in [3.63, 3.8) is 0 Å². The van der Waals surface area contributed by atoms with Crippen LogP contribution in [-0.2, 0) is 13.6 Å².